The number of amides is 1. The van der Waals surface area contributed by atoms with E-state index < -0.39 is 11.9 Å². The van der Waals surface area contributed by atoms with Crippen LogP contribution in [0.1, 0.15) is 25.0 Å². The molecule has 3 fully saturated rings. The number of hydrogen-bond donors (Lipinski definition) is 1. The van der Waals surface area contributed by atoms with E-state index in [0.717, 1.165) is 38.4 Å². The predicted molar refractivity (Wildman–Crippen MR) is 85.0 cm³/mol. The smallest absolute Gasteiger partial charge is 0.316 e. The zero-order valence-corrected chi connectivity index (χ0v) is 13.8. The number of carbonyl (C=O) groups is 1. The second-order valence-corrected chi connectivity index (χ2v) is 6.78. The van der Waals surface area contributed by atoms with E-state index >= 15 is 0 Å². The second-order valence-electron chi connectivity index (χ2n) is 6.78. The molecule has 2 saturated heterocycles. The largest absolute Gasteiger partial charge is 0.433 e. The number of carbonyl (C=O) groups excluding carboxylic acids is 1. The fourth-order valence-corrected chi connectivity index (χ4v) is 4.72. The molecule has 2 atom stereocenters. The molecular weight excluding hydrogens is 343 g/mol. The van der Waals surface area contributed by atoms with Crippen LogP contribution in [0.4, 0.5) is 18.9 Å². The summed E-state index contributed by atoms with van der Waals surface area (Å²) in [5.74, 6) is 0.773. The summed E-state index contributed by atoms with van der Waals surface area (Å²) in [6.45, 7) is 2.29. The molecule has 1 spiro atoms. The summed E-state index contributed by atoms with van der Waals surface area (Å²) < 4.78 is 37.9. The normalized spacial score (nSPS) is 32.3. The second kappa shape index (κ2) is 5.88. The van der Waals surface area contributed by atoms with E-state index in [4.69, 9.17) is 0 Å². The summed E-state index contributed by atoms with van der Waals surface area (Å²) in [5, 5.41) is 3.39. The molecule has 1 saturated carbocycles. The average molecular weight is 362 g/mol. The number of rotatable bonds is 1. The highest BCUT2D eigenvalue weighted by Crippen LogP contribution is 2.56. The van der Waals surface area contributed by atoms with Crippen LogP contribution in [0.25, 0.3) is 0 Å². The summed E-state index contributed by atoms with van der Waals surface area (Å²) in [7, 11) is 0. The molecular formula is C16H19ClF3N3O. The molecule has 3 aliphatic rings. The molecule has 0 aromatic carbocycles. The van der Waals surface area contributed by atoms with Gasteiger partial charge in [-0.15, -0.1) is 12.4 Å². The minimum Gasteiger partial charge on any atom is -0.316 e. The molecule has 1 aromatic rings. The first-order valence-corrected chi connectivity index (χ1v) is 7.99. The van der Waals surface area contributed by atoms with Gasteiger partial charge in [-0.05, 0) is 56.3 Å². The number of piperidine rings is 1. The fraction of sp³-hybridized carbons (Fsp3) is 0.625. The lowest BCUT2D eigenvalue weighted by atomic mass is 9.68. The van der Waals surface area contributed by atoms with Crippen molar-refractivity contribution in [2.45, 2.75) is 25.4 Å². The van der Waals surface area contributed by atoms with Crippen LogP contribution in [0.2, 0.25) is 0 Å². The quantitative estimate of drug-likeness (QED) is 0.836. The van der Waals surface area contributed by atoms with Crippen LogP contribution >= 0.6 is 12.4 Å². The van der Waals surface area contributed by atoms with Crippen LogP contribution in [-0.4, -0.2) is 30.5 Å². The lowest BCUT2D eigenvalue weighted by Gasteiger charge is -2.39. The standard InChI is InChI=1S/C16H18F3N3O.ClH/c17-16(18,19)13-4-3-12(9-21-13)22-6-5-15(14(22)23)10-1-2-11(15)8-20-7-10;/h3-4,9-11,20H,1-2,5-8H2;1H. The van der Waals surface area contributed by atoms with Gasteiger partial charge in [0.15, 0.2) is 0 Å². The monoisotopic (exact) mass is 361 g/mol. The molecule has 1 N–H and O–H groups in total. The van der Waals surface area contributed by atoms with Gasteiger partial charge in [0.25, 0.3) is 0 Å². The van der Waals surface area contributed by atoms with Gasteiger partial charge < -0.3 is 10.2 Å². The minimum atomic E-state index is -4.46. The van der Waals surface area contributed by atoms with E-state index in [9.17, 15) is 18.0 Å². The Morgan fingerprint density at radius 2 is 1.88 bits per heavy atom. The summed E-state index contributed by atoms with van der Waals surface area (Å²) >= 11 is 0. The molecule has 1 amide bonds. The van der Waals surface area contributed by atoms with Gasteiger partial charge in [-0.3, -0.25) is 4.79 Å². The van der Waals surface area contributed by atoms with E-state index in [1.54, 1.807) is 4.90 Å². The highest BCUT2D eigenvalue weighted by atomic mass is 35.5. The molecule has 2 unspecified atom stereocenters. The summed E-state index contributed by atoms with van der Waals surface area (Å²) in [4.78, 5) is 18.2. The van der Waals surface area contributed by atoms with Gasteiger partial charge in [0.1, 0.15) is 5.69 Å². The van der Waals surface area contributed by atoms with Crippen LogP contribution in [-0.2, 0) is 11.0 Å². The summed E-state index contributed by atoms with van der Waals surface area (Å²) in [6, 6.07) is 2.31. The number of halogens is 4. The third kappa shape index (κ3) is 2.40. The number of hydrogen-bond acceptors (Lipinski definition) is 3. The van der Waals surface area contributed by atoms with E-state index in [1.165, 1.54) is 12.3 Å². The van der Waals surface area contributed by atoms with Gasteiger partial charge in [-0.1, -0.05) is 0 Å². The Bertz CT molecular complexity index is 618. The Hall–Kier alpha value is -1.34. The first-order chi connectivity index (χ1) is 10.9. The number of nitrogens with zero attached hydrogens (tertiary/aromatic N) is 2. The van der Waals surface area contributed by atoms with Crippen LogP contribution in [0, 0.1) is 17.3 Å². The van der Waals surface area contributed by atoms with Crippen molar-refractivity contribution in [3.8, 4) is 0 Å². The van der Waals surface area contributed by atoms with Gasteiger partial charge in [-0.25, -0.2) is 4.98 Å². The van der Waals surface area contributed by atoms with Gasteiger partial charge >= 0.3 is 6.18 Å². The number of nitrogens with one attached hydrogen (secondary N) is 1. The Balaban J connectivity index is 0.00000169. The van der Waals surface area contributed by atoms with Crippen LogP contribution < -0.4 is 10.2 Å². The summed E-state index contributed by atoms with van der Waals surface area (Å²) in [6.07, 6.45) is -0.374. The minimum absolute atomic E-state index is 0. The summed E-state index contributed by atoms with van der Waals surface area (Å²) in [5.41, 5.74) is -0.768. The maximum absolute atomic E-state index is 13.1. The van der Waals surface area contributed by atoms with E-state index in [2.05, 4.69) is 10.3 Å². The van der Waals surface area contributed by atoms with E-state index in [0.29, 0.717) is 24.1 Å². The third-order valence-electron chi connectivity index (χ3n) is 5.84. The van der Waals surface area contributed by atoms with Crippen molar-refractivity contribution in [1.29, 1.82) is 0 Å². The lowest BCUT2D eigenvalue weighted by Crippen LogP contribution is -2.51. The van der Waals surface area contributed by atoms with Crippen molar-refractivity contribution in [3.63, 3.8) is 0 Å². The number of aromatic nitrogens is 1. The Labute approximate surface area is 144 Å². The van der Waals surface area contributed by atoms with Gasteiger partial charge in [0.2, 0.25) is 5.91 Å². The molecule has 2 aliphatic heterocycles. The molecule has 4 rings (SSSR count). The molecule has 3 heterocycles. The van der Waals surface area contributed by atoms with Crippen LogP contribution in [0.3, 0.4) is 0 Å². The predicted octanol–water partition coefficient (Wildman–Crippen LogP) is 2.87. The maximum Gasteiger partial charge on any atom is 0.433 e. The van der Waals surface area contributed by atoms with Crippen molar-refractivity contribution in [3.05, 3.63) is 24.0 Å². The number of pyridine rings is 1. The van der Waals surface area contributed by atoms with Crippen molar-refractivity contribution >= 4 is 24.0 Å². The Morgan fingerprint density at radius 3 is 2.42 bits per heavy atom. The number of alkyl halides is 3. The molecule has 132 valence electrons. The van der Waals surface area contributed by atoms with Gasteiger partial charge in [0.05, 0.1) is 17.3 Å². The molecule has 0 radical (unpaired) electrons. The van der Waals surface area contributed by atoms with Crippen LogP contribution in [0.5, 0.6) is 0 Å². The molecule has 8 heteroatoms. The zero-order valence-electron chi connectivity index (χ0n) is 13.0. The highest BCUT2D eigenvalue weighted by molar-refractivity contribution is 6.00. The molecule has 2 bridgehead atoms. The van der Waals surface area contributed by atoms with Crippen molar-refractivity contribution in [2.24, 2.45) is 17.3 Å². The van der Waals surface area contributed by atoms with Crippen molar-refractivity contribution in [1.82, 2.24) is 10.3 Å². The first kappa shape index (κ1) is 17.5. The lowest BCUT2D eigenvalue weighted by molar-refractivity contribution is -0.141. The third-order valence-corrected chi connectivity index (χ3v) is 5.84. The molecule has 1 aliphatic carbocycles. The fourth-order valence-electron chi connectivity index (χ4n) is 4.72. The van der Waals surface area contributed by atoms with Crippen molar-refractivity contribution < 1.29 is 18.0 Å². The van der Waals surface area contributed by atoms with Gasteiger partial charge in [0, 0.05) is 6.54 Å². The molecule has 1 aromatic heterocycles. The first-order valence-electron chi connectivity index (χ1n) is 7.99. The SMILES string of the molecule is Cl.O=C1N(c2ccc(C(F)(F)F)nc2)CCC12C1CCC2CNC1. The average Bonchev–Trinajstić information content (AvgIpc) is 2.91. The van der Waals surface area contributed by atoms with Crippen molar-refractivity contribution in [2.75, 3.05) is 24.5 Å². The highest BCUT2D eigenvalue weighted by Gasteiger charge is 2.60. The Kier molecular flexibility index (Phi) is 4.28. The van der Waals surface area contributed by atoms with E-state index in [1.807, 2.05) is 0 Å². The number of anilines is 1. The topological polar surface area (TPSA) is 45.2 Å². The zero-order chi connectivity index (χ0) is 16.2. The molecule has 24 heavy (non-hydrogen) atoms. The van der Waals surface area contributed by atoms with Gasteiger partial charge in [-0.2, -0.15) is 13.2 Å². The van der Waals surface area contributed by atoms with Crippen LogP contribution in [0.15, 0.2) is 18.3 Å². The molecule has 4 nitrogen and oxygen atoms in total. The Morgan fingerprint density at radius 1 is 1.21 bits per heavy atom. The maximum atomic E-state index is 13.1. The van der Waals surface area contributed by atoms with E-state index in [-0.39, 0.29) is 23.7 Å².